The van der Waals surface area contributed by atoms with Crippen molar-refractivity contribution in [2.45, 2.75) is 32.2 Å². The summed E-state index contributed by atoms with van der Waals surface area (Å²) in [5, 5.41) is 6.37. The number of rotatable bonds is 6. The molecule has 0 radical (unpaired) electrons. The highest BCUT2D eigenvalue weighted by molar-refractivity contribution is 9.10. The second-order valence-electron chi connectivity index (χ2n) is 5.34. The van der Waals surface area contributed by atoms with Crippen molar-refractivity contribution in [1.82, 2.24) is 10.6 Å². The van der Waals surface area contributed by atoms with E-state index in [1.54, 1.807) is 19.2 Å². The van der Waals surface area contributed by atoms with E-state index < -0.39 is 0 Å². The van der Waals surface area contributed by atoms with Gasteiger partial charge in [0.05, 0.1) is 18.2 Å². The molecule has 1 aliphatic heterocycles. The van der Waals surface area contributed by atoms with Gasteiger partial charge in [-0.2, -0.15) is 0 Å². The zero-order chi connectivity index (χ0) is 15.9. The van der Waals surface area contributed by atoms with Gasteiger partial charge in [-0.1, -0.05) is 6.92 Å². The van der Waals surface area contributed by atoms with Gasteiger partial charge in [0.2, 0.25) is 0 Å². The van der Waals surface area contributed by atoms with Crippen LogP contribution in [0.25, 0.3) is 0 Å². The van der Waals surface area contributed by atoms with Crippen molar-refractivity contribution in [1.29, 1.82) is 0 Å². The predicted molar refractivity (Wildman–Crippen MR) is 89.8 cm³/mol. The Hall–Kier alpha value is -1.27. The average molecular weight is 371 g/mol. The number of amides is 1. The van der Waals surface area contributed by atoms with Crippen LogP contribution in [0.5, 0.6) is 11.5 Å². The van der Waals surface area contributed by atoms with Crippen LogP contribution in [-0.4, -0.2) is 38.8 Å². The molecule has 0 aromatic heterocycles. The van der Waals surface area contributed by atoms with Crippen LogP contribution in [0.1, 0.15) is 36.5 Å². The van der Waals surface area contributed by atoms with E-state index in [2.05, 4.69) is 26.6 Å². The number of hydrogen-bond donors (Lipinski definition) is 2. The SMILES string of the molecule is CCCOc1c(Br)cc(C(=O)NC2CCNCC2)cc1OC. The van der Waals surface area contributed by atoms with E-state index in [9.17, 15) is 4.79 Å². The highest BCUT2D eigenvalue weighted by Crippen LogP contribution is 2.36. The second-order valence-corrected chi connectivity index (χ2v) is 6.19. The smallest absolute Gasteiger partial charge is 0.251 e. The molecule has 1 saturated heterocycles. The molecular weight excluding hydrogens is 348 g/mol. The van der Waals surface area contributed by atoms with Gasteiger partial charge in [0.15, 0.2) is 11.5 Å². The topological polar surface area (TPSA) is 59.6 Å². The van der Waals surface area contributed by atoms with Crippen molar-refractivity contribution < 1.29 is 14.3 Å². The molecule has 6 heteroatoms. The number of halogens is 1. The lowest BCUT2D eigenvalue weighted by molar-refractivity contribution is 0.0929. The second kappa shape index (κ2) is 8.39. The van der Waals surface area contributed by atoms with Gasteiger partial charge in [0, 0.05) is 11.6 Å². The maximum atomic E-state index is 12.4. The summed E-state index contributed by atoms with van der Waals surface area (Å²) in [6, 6.07) is 3.74. The van der Waals surface area contributed by atoms with Gasteiger partial charge >= 0.3 is 0 Å². The van der Waals surface area contributed by atoms with Gasteiger partial charge < -0.3 is 20.1 Å². The van der Waals surface area contributed by atoms with Crippen molar-refractivity contribution in [2.75, 3.05) is 26.8 Å². The summed E-state index contributed by atoms with van der Waals surface area (Å²) in [5.41, 5.74) is 0.575. The molecule has 22 heavy (non-hydrogen) atoms. The number of hydrogen-bond acceptors (Lipinski definition) is 4. The first-order valence-electron chi connectivity index (χ1n) is 7.67. The van der Waals surface area contributed by atoms with E-state index in [1.807, 2.05) is 6.92 Å². The van der Waals surface area contributed by atoms with Gasteiger partial charge in [0.1, 0.15) is 0 Å². The average Bonchev–Trinajstić information content (AvgIpc) is 2.54. The number of nitrogens with one attached hydrogen (secondary N) is 2. The Labute approximate surface area is 139 Å². The summed E-state index contributed by atoms with van der Waals surface area (Å²) in [4.78, 5) is 12.4. The Morgan fingerprint density at radius 2 is 2.14 bits per heavy atom. The van der Waals surface area contributed by atoms with E-state index in [4.69, 9.17) is 9.47 Å². The van der Waals surface area contributed by atoms with Crippen molar-refractivity contribution in [3.63, 3.8) is 0 Å². The minimum atomic E-state index is -0.0760. The molecule has 0 unspecified atom stereocenters. The van der Waals surface area contributed by atoms with Crippen LogP contribution in [-0.2, 0) is 0 Å². The van der Waals surface area contributed by atoms with Crippen molar-refractivity contribution in [3.8, 4) is 11.5 Å². The van der Waals surface area contributed by atoms with Gasteiger partial charge in [-0.25, -0.2) is 0 Å². The van der Waals surface area contributed by atoms with Crippen LogP contribution in [0.2, 0.25) is 0 Å². The Bertz CT molecular complexity index is 516. The first kappa shape index (κ1) is 17.1. The van der Waals surface area contributed by atoms with Gasteiger partial charge in [-0.15, -0.1) is 0 Å². The van der Waals surface area contributed by atoms with Gasteiger partial charge in [0.25, 0.3) is 5.91 Å². The highest BCUT2D eigenvalue weighted by atomic mass is 79.9. The summed E-state index contributed by atoms with van der Waals surface area (Å²) in [6.07, 6.45) is 2.83. The first-order valence-corrected chi connectivity index (χ1v) is 8.47. The lowest BCUT2D eigenvalue weighted by Crippen LogP contribution is -2.42. The molecule has 1 aromatic rings. The summed E-state index contributed by atoms with van der Waals surface area (Å²) >= 11 is 3.47. The van der Waals surface area contributed by atoms with Crippen LogP contribution in [0, 0.1) is 0 Å². The molecule has 5 nitrogen and oxygen atoms in total. The predicted octanol–water partition coefficient (Wildman–Crippen LogP) is 2.73. The van der Waals surface area contributed by atoms with Gasteiger partial charge in [-0.05, 0) is 60.4 Å². The molecule has 122 valence electrons. The van der Waals surface area contributed by atoms with Crippen LogP contribution >= 0.6 is 15.9 Å². The van der Waals surface area contributed by atoms with Crippen molar-refractivity contribution in [2.24, 2.45) is 0 Å². The Balaban J connectivity index is 2.12. The van der Waals surface area contributed by atoms with E-state index in [1.165, 1.54) is 0 Å². The molecule has 1 amide bonds. The molecule has 1 heterocycles. The molecule has 2 rings (SSSR count). The zero-order valence-electron chi connectivity index (χ0n) is 13.1. The molecule has 0 aliphatic carbocycles. The van der Waals surface area contributed by atoms with E-state index in [0.29, 0.717) is 23.7 Å². The Kier molecular flexibility index (Phi) is 6.51. The molecular formula is C16H23BrN2O3. The Morgan fingerprint density at radius 3 is 2.77 bits per heavy atom. The Morgan fingerprint density at radius 1 is 1.41 bits per heavy atom. The molecule has 0 bridgehead atoms. The van der Waals surface area contributed by atoms with Crippen molar-refractivity contribution >= 4 is 21.8 Å². The lowest BCUT2D eigenvalue weighted by Gasteiger charge is -2.24. The van der Waals surface area contributed by atoms with E-state index in [-0.39, 0.29) is 11.9 Å². The zero-order valence-corrected chi connectivity index (χ0v) is 14.7. The minimum Gasteiger partial charge on any atom is -0.493 e. The molecule has 2 N–H and O–H groups in total. The van der Waals surface area contributed by atoms with Crippen LogP contribution in [0.15, 0.2) is 16.6 Å². The summed E-state index contributed by atoms with van der Waals surface area (Å²) < 4.78 is 11.8. The van der Waals surface area contributed by atoms with Crippen LogP contribution in [0.4, 0.5) is 0 Å². The van der Waals surface area contributed by atoms with Crippen molar-refractivity contribution in [3.05, 3.63) is 22.2 Å². The fraction of sp³-hybridized carbons (Fsp3) is 0.562. The number of piperidine rings is 1. The standard InChI is InChI=1S/C16H23BrN2O3/c1-3-8-22-15-13(17)9-11(10-14(15)21-2)16(20)19-12-4-6-18-7-5-12/h9-10,12,18H,3-8H2,1-2H3,(H,19,20). The molecule has 1 aliphatic rings. The summed E-state index contributed by atoms with van der Waals surface area (Å²) in [6.45, 7) is 4.54. The number of carbonyl (C=O) groups excluding carboxylic acids is 1. The van der Waals surface area contributed by atoms with E-state index >= 15 is 0 Å². The van der Waals surface area contributed by atoms with Gasteiger partial charge in [-0.3, -0.25) is 4.79 Å². The molecule has 0 spiro atoms. The third-order valence-electron chi connectivity index (χ3n) is 3.62. The minimum absolute atomic E-state index is 0.0760. The third kappa shape index (κ3) is 4.36. The van der Waals surface area contributed by atoms with Crippen LogP contribution < -0.4 is 20.1 Å². The molecule has 0 atom stereocenters. The maximum absolute atomic E-state index is 12.4. The lowest BCUT2D eigenvalue weighted by atomic mass is 10.1. The fourth-order valence-electron chi connectivity index (χ4n) is 2.43. The number of benzene rings is 1. The fourth-order valence-corrected chi connectivity index (χ4v) is 2.99. The normalized spacial score (nSPS) is 15.4. The van der Waals surface area contributed by atoms with E-state index in [0.717, 1.165) is 36.8 Å². The van der Waals surface area contributed by atoms with Crippen LogP contribution in [0.3, 0.4) is 0 Å². The maximum Gasteiger partial charge on any atom is 0.251 e. The summed E-state index contributed by atoms with van der Waals surface area (Å²) in [7, 11) is 1.58. The molecule has 0 saturated carbocycles. The third-order valence-corrected chi connectivity index (χ3v) is 4.21. The largest absolute Gasteiger partial charge is 0.493 e. The monoisotopic (exact) mass is 370 g/mol. The summed E-state index contributed by atoms with van der Waals surface area (Å²) in [5.74, 6) is 1.13. The molecule has 1 aromatic carbocycles. The molecule has 1 fully saturated rings. The number of ether oxygens (including phenoxy) is 2. The number of carbonyl (C=O) groups is 1. The first-order chi connectivity index (χ1) is 10.7. The number of methoxy groups -OCH3 is 1. The highest BCUT2D eigenvalue weighted by Gasteiger charge is 2.19. The quantitative estimate of drug-likeness (QED) is 0.808.